The fourth-order valence-electron chi connectivity index (χ4n) is 3.18. The monoisotopic (exact) mass is 485 g/mol. The van der Waals surface area contributed by atoms with Crippen LogP contribution in [0.4, 0.5) is 11.4 Å². The number of aromatic nitrogens is 2. The van der Waals surface area contributed by atoms with E-state index in [1.54, 1.807) is 79.3 Å². The van der Waals surface area contributed by atoms with Crippen LogP contribution in [0.3, 0.4) is 0 Å². The van der Waals surface area contributed by atoms with Crippen LogP contribution in [0.1, 0.15) is 26.3 Å². The lowest BCUT2D eigenvalue weighted by Gasteiger charge is -2.11. The highest BCUT2D eigenvalue weighted by molar-refractivity contribution is 6.34. The van der Waals surface area contributed by atoms with E-state index in [2.05, 4.69) is 15.6 Å². The Morgan fingerprint density at radius 3 is 2.31 bits per heavy atom. The van der Waals surface area contributed by atoms with E-state index >= 15 is 0 Å². The molecule has 4 rings (SSSR count). The maximum absolute atomic E-state index is 12.7. The number of rotatable bonds is 8. The summed E-state index contributed by atoms with van der Waals surface area (Å²) >= 11 is 6.25. The molecule has 1 aromatic heterocycles. The molecular weight excluding hydrogens is 466 g/mol. The topological polar surface area (TPSA) is 109 Å². The van der Waals surface area contributed by atoms with Gasteiger partial charge in [-0.1, -0.05) is 11.6 Å². The third kappa shape index (κ3) is 6.25. The minimum atomic E-state index is -0.354. The van der Waals surface area contributed by atoms with Gasteiger partial charge in [0.25, 0.3) is 11.8 Å². The number of nitrogens with one attached hydrogen (secondary N) is 2. The van der Waals surface area contributed by atoms with Gasteiger partial charge in [0.2, 0.25) is 0 Å². The van der Waals surface area contributed by atoms with E-state index in [1.807, 2.05) is 16.8 Å². The van der Waals surface area contributed by atoms with Crippen LogP contribution in [0.5, 0.6) is 5.75 Å². The minimum absolute atomic E-state index is 0.328. The number of carbonyl (C=O) groups is 2. The molecule has 4 aromatic rings. The molecule has 0 aliphatic carbocycles. The number of anilines is 2. The molecule has 9 heteroatoms. The predicted molar refractivity (Wildman–Crippen MR) is 133 cm³/mol. The summed E-state index contributed by atoms with van der Waals surface area (Å²) in [4.78, 5) is 29.2. The molecule has 0 bridgehead atoms. The zero-order valence-electron chi connectivity index (χ0n) is 18.4. The molecular formula is C26H20ClN5O3. The zero-order valence-corrected chi connectivity index (χ0v) is 19.2. The van der Waals surface area contributed by atoms with Crippen molar-refractivity contribution in [2.45, 2.75) is 6.54 Å². The fourth-order valence-corrected chi connectivity index (χ4v) is 3.35. The van der Waals surface area contributed by atoms with E-state index in [9.17, 15) is 9.59 Å². The van der Waals surface area contributed by atoms with Crippen LogP contribution in [0, 0.1) is 11.3 Å². The maximum Gasteiger partial charge on any atom is 0.255 e. The Balaban J connectivity index is 1.36. The lowest BCUT2D eigenvalue weighted by Crippen LogP contribution is -2.14. The maximum atomic E-state index is 12.7. The number of benzene rings is 3. The number of ether oxygens (including phenoxy) is 1. The molecule has 0 aliphatic heterocycles. The van der Waals surface area contributed by atoms with Crippen molar-refractivity contribution in [1.82, 2.24) is 9.55 Å². The molecule has 2 N–H and O–H groups in total. The van der Waals surface area contributed by atoms with E-state index in [1.165, 1.54) is 0 Å². The standard InChI is InChI=1S/C26H20ClN5O3/c27-23-10-7-21(30-25(33)19-3-1-18(16-28)2-4-19)15-24(23)31-26(34)20-5-8-22(9-6-20)35-14-13-32-12-11-29-17-32/h1-12,15,17H,13-14H2,(H,30,33)(H,31,34). The molecule has 0 unspecified atom stereocenters. The molecule has 8 nitrogen and oxygen atoms in total. The molecule has 0 aliphatic rings. The van der Waals surface area contributed by atoms with Crippen molar-refractivity contribution < 1.29 is 14.3 Å². The van der Waals surface area contributed by atoms with Crippen molar-refractivity contribution >= 4 is 34.8 Å². The smallest absolute Gasteiger partial charge is 0.255 e. The van der Waals surface area contributed by atoms with E-state index in [4.69, 9.17) is 21.6 Å². The van der Waals surface area contributed by atoms with Gasteiger partial charge >= 0.3 is 0 Å². The summed E-state index contributed by atoms with van der Waals surface area (Å²) in [5, 5.41) is 14.7. The Hall–Kier alpha value is -4.61. The van der Waals surface area contributed by atoms with Gasteiger partial charge < -0.3 is 19.9 Å². The number of carbonyl (C=O) groups excluding carboxylic acids is 2. The molecule has 174 valence electrons. The minimum Gasteiger partial charge on any atom is -0.492 e. The van der Waals surface area contributed by atoms with Crippen LogP contribution in [0.2, 0.25) is 5.02 Å². The number of nitriles is 1. The number of nitrogens with zero attached hydrogens (tertiary/aromatic N) is 3. The van der Waals surface area contributed by atoms with Gasteiger partial charge in [-0.2, -0.15) is 5.26 Å². The average Bonchev–Trinajstić information content (AvgIpc) is 3.40. The van der Waals surface area contributed by atoms with Gasteiger partial charge in [-0.05, 0) is 66.7 Å². The predicted octanol–water partition coefficient (Wildman–Crippen LogP) is 4.99. The summed E-state index contributed by atoms with van der Waals surface area (Å²) in [5.74, 6) is -0.0580. The first-order valence-corrected chi connectivity index (χ1v) is 11.0. The first kappa shape index (κ1) is 23.5. The van der Waals surface area contributed by atoms with Crippen molar-refractivity contribution in [2.75, 3.05) is 17.2 Å². The number of hydrogen-bond acceptors (Lipinski definition) is 5. The normalized spacial score (nSPS) is 10.3. The Bertz CT molecular complexity index is 1360. The van der Waals surface area contributed by atoms with E-state index < -0.39 is 0 Å². The Labute approximate surface area is 206 Å². The summed E-state index contributed by atoms with van der Waals surface area (Å²) in [5.41, 5.74) is 2.11. The second-order valence-electron chi connectivity index (χ2n) is 7.47. The molecule has 3 aromatic carbocycles. The quantitative estimate of drug-likeness (QED) is 0.365. The van der Waals surface area contributed by atoms with Crippen LogP contribution in [-0.4, -0.2) is 28.0 Å². The lowest BCUT2D eigenvalue weighted by molar-refractivity contribution is 0.101. The summed E-state index contributed by atoms with van der Waals surface area (Å²) in [6, 6.07) is 19.8. The van der Waals surface area contributed by atoms with Gasteiger partial charge in [0.05, 0.1) is 35.2 Å². The summed E-state index contributed by atoms with van der Waals surface area (Å²) < 4.78 is 7.61. The molecule has 0 atom stereocenters. The Morgan fingerprint density at radius 1 is 0.971 bits per heavy atom. The van der Waals surface area contributed by atoms with Gasteiger partial charge in [-0.3, -0.25) is 9.59 Å². The third-order valence-electron chi connectivity index (χ3n) is 5.04. The lowest BCUT2D eigenvalue weighted by atomic mass is 10.1. The van der Waals surface area contributed by atoms with Crippen LogP contribution < -0.4 is 15.4 Å². The largest absolute Gasteiger partial charge is 0.492 e. The highest BCUT2D eigenvalue weighted by atomic mass is 35.5. The highest BCUT2D eigenvalue weighted by Crippen LogP contribution is 2.27. The molecule has 0 fully saturated rings. The number of amides is 2. The highest BCUT2D eigenvalue weighted by Gasteiger charge is 2.12. The second kappa shape index (κ2) is 11.0. The van der Waals surface area contributed by atoms with E-state index in [0.717, 1.165) is 0 Å². The molecule has 0 radical (unpaired) electrons. The van der Waals surface area contributed by atoms with Crippen LogP contribution in [-0.2, 0) is 6.54 Å². The molecule has 0 saturated heterocycles. The Kier molecular flexibility index (Phi) is 7.40. The summed E-state index contributed by atoms with van der Waals surface area (Å²) in [6.07, 6.45) is 5.28. The third-order valence-corrected chi connectivity index (χ3v) is 5.37. The van der Waals surface area contributed by atoms with Gasteiger partial charge in [0.15, 0.2) is 0 Å². The Morgan fingerprint density at radius 2 is 1.66 bits per heavy atom. The van der Waals surface area contributed by atoms with Gasteiger partial charge in [0, 0.05) is 29.2 Å². The molecule has 1 heterocycles. The molecule has 0 spiro atoms. The van der Waals surface area contributed by atoms with Crippen LogP contribution >= 0.6 is 11.6 Å². The summed E-state index contributed by atoms with van der Waals surface area (Å²) in [6.45, 7) is 1.14. The van der Waals surface area contributed by atoms with Crippen LogP contribution in [0.15, 0.2) is 85.5 Å². The first-order chi connectivity index (χ1) is 17.0. The molecule has 35 heavy (non-hydrogen) atoms. The van der Waals surface area contributed by atoms with Crippen molar-refractivity contribution in [1.29, 1.82) is 5.26 Å². The SMILES string of the molecule is N#Cc1ccc(C(=O)Nc2ccc(Cl)c(NC(=O)c3ccc(OCCn4ccnc4)cc3)c2)cc1. The van der Waals surface area contributed by atoms with Crippen molar-refractivity contribution in [2.24, 2.45) is 0 Å². The van der Waals surface area contributed by atoms with Crippen molar-refractivity contribution in [3.63, 3.8) is 0 Å². The van der Waals surface area contributed by atoms with Crippen molar-refractivity contribution in [3.05, 3.63) is 107 Å². The zero-order chi connectivity index (χ0) is 24.6. The van der Waals surface area contributed by atoms with E-state index in [0.29, 0.717) is 52.0 Å². The number of halogens is 1. The van der Waals surface area contributed by atoms with Crippen molar-refractivity contribution in [3.8, 4) is 11.8 Å². The number of hydrogen-bond donors (Lipinski definition) is 2. The second-order valence-corrected chi connectivity index (χ2v) is 7.87. The first-order valence-electron chi connectivity index (χ1n) is 10.6. The van der Waals surface area contributed by atoms with Gasteiger partial charge in [0.1, 0.15) is 12.4 Å². The fraction of sp³-hybridized carbons (Fsp3) is 0.0769. The summed E-state index contributed by atoms with van der Waals surface area (Å²) in [7, 11) is 0. The molecule has 2 amide bonds. The van der Waals surface area contributed by atoms with Gasteiger partial charge in [-0.15, -0.1) is 0 Å². The molecule has 0 saturated carbocycles. The average molecular weight is 486 g/mol. The van der Waals surface area contributed by atoms with Gasteiger partial charge in [-0.25, -0.2) is 4.98 Å². The van der Waals surface area contributed by atoms with E-state index in [-0.39, 0.29) is 11.8 Å². The number of imidazole rings is 1. The van der Waals surface area contributed by atoms with Crippen LogP contribution in [0.25, 0.3) is 0 Å².